The van der Waals surface area contributed by atoms with E-state index in [2.05, 4.69) is 56.5 Å². The Bertz CT molecular complexity index is 1340. The van der Waals surface area contributed by atoms with Crippen LogP contribution in [0.4, 0.5) is 0 Å². The maximum atomic E-state index is 12.7. The molecule has 0 spiro atoms. The number of carbonyl (C=O) groups is 1. The summed E-state index contributed by atoms with van der Waals surface area (Å²) in [6, 6.07) is 20.2. The van der Waals surface area contributed by atoms with E-state index in [0.29, 0.717) is 13.1 Å². The normalized spacial score (nSPS) is 15.8. The highest BCUT2D eigenvalue weighted by molar-refractivity contribution is 7.15. The molecule has 0 radical (unpaired) electrons. The molecule has 8 heteroatoms. The van der Waals surface area contributed by atoms with Crippen molar-refractivity contribution in [3.05, 3.63) is 93.9 Å². The van der Waals surface area contributed by atoms with Crippen LogP contribution >= 0.6 is 11.3 Å². The van der Waals surface area contributed by atoms with E-state index in [1.807, 2.05) is 30.5 Å². The van der Waals surface area contributed by atoms with E-state index in [4.69, 9.17) is 0 Å². The smallest absolute Gasteiger partial charge is 0.258 e. The molecule has 1 aliphatic rings. The predicted octanol–water partition coefficient (Wildman–Crippen LogP) is 3.42. The lowest BCUT2D eigenvalue weighted by atomic mass is 10.0. The van der Waals surface area contributed by atoms with Crippen molar-refractivity contribution < 1.29 is 4.79 Å². The first-order valence-corrected chi connectivity index (χ1v) is 12.8. The van der Waals surface area contributed by atoms with Gasteiger partial charge in [-0.2, -0.15) is 0 Å². The number of thiazole rings is 1. The standard InChI is InChI=1S/C27H29N5O2S/c1-20(21-7-9-23(10-8-21)22-5-3-2-4-6-22)28-25(33)19-31-13-11-30(12-14-31)18-24-17-26(34)32-15-16-35-27(32)29-24/h2-10,15-17,20H,11-14,18-19H2,1H3,(H,28,33)/t20-/m0/s1. The molecule has 180 valence electrons. The SMILES string of the molecule is C[C@H](NC(=O)CN1CCN(Cc2cc(=O)n3ccsc3n2)CC1)c1ccc(-c2ccccc2)cc1. The molecule has 5 rings (SSSR count). The Labute approximate surface area is 208 Å². The lowest BCUT2D eigenvalue weighted by molar-refractivity contribution is -0.123. The Morgan fingerprint density at radius 2 is 1.69 bits per heavy atom. The second kappa shape index (κ2) is 10.5. The van der Waals surface area contributed by atoms with Crippen molar-refractivity contribution in [2.75, 3.05) is 32.7 Å². The van der Waals surface area contributed by atoms with E-state index in [0.717, 1.165) is 42.4 Å². The Balaban J connectivity index is 1.09. The molecule has 0 unspecified atom stereocenters. The Kier molecular flexibility index (Phi) is 7.03. The number of benzene rings is 2. The molecular formula is C27H29N5O2S. The zero-order valence-electron chi connectivity index (χ0n) is 19.8. The number of nitrogens with zero attached hydrogens (tertiary/aromatic N) is 4. The monoisotopic (exact) mass is 487 g/mol. The van der Waals surface area contributed by atoms with Crippen molar-refractivity contribution in [3.63, 3.8) is 0 Å². The van der Waals surface area contributed by atoms with Crippen LogP contribution in [0.25, 0.3) is 16.1 Å². The van der Waals surface area contributed by atoms with Gasteiger partial charge in [0.15, 0.2) is 4.96 Å². The van der Waals surface area contributed by atoms with Crippen molar-refractivity contribution in [2.24, 2.45) is 0 Å². The summed E-state index contributed by atoms with van der Waals surface area (Å²) >= 11 is 1.47. The summed E-state index contributed by atoms with van der Waals surface area (Å²) in [6.45, 7) is 6.38. The fourth-order valence-corrected chi connectivity index (χ4v) is 5.21. The van der Waals surface area contributed by atoms with Crippen LogP contribution in [0.15, 0.2) is 77.0 Å². The maximum Gasteiger partial charge on any atom is 0.258 e. The van der Waals surface area contributed by atoms with E-state index < -0.39 is 0 Å². The number of hydrogen-bond acceptors (Lipinski definition) is 6. The number of amides is 1. The zero-order chi connectivity index (χ0) is 24.2. The molecular weight excluding hydrogens is 458 g/mol. The van der Waals surface area contributed by atoms with Crippen molar-refractivity contribution in [2.45, 2.75) is 19.5 Å². The van der Waals surface area contributed by atoms with Crippen LogP contribution in [0.3, 0.4) is 0 Å². The van der Waals surface area contributed by atoms with Crippen LogP contribution in [-0.2, 0) is 11.3 Å². The lowest BCUT2D eigenvalue weighted by Gasteiger charge is -2.34. The second-order valence-electron chi connectivity index (χ2n) is 8.97. The molecule has 7 nitrogen and oxygen atoms in total. The third kappa shape index (κ3) is 5.67. The van der Waals surface area contributed by atoms with Crippen LogP contribution in [0.2, 0.25) is 0 Å². The van der Waals surface area contributed by atoms with Crippen LogP contribution in [0.5, 0.6) is 0 Å². The summed E-state index contributed by atoms with van der Waals surface area (Å²) in [7, 11) is 0. The molecule has 1 amide bonds. The number of hydrogen-bond donors (Lipinski definition) is 1. The van der Waals surface area contributed by atoms with Crippen molar-refractivity contribution >= 4 is 22.2 Å². The van der Waals surface area contributed by atoms with Crippen molar-refractivity contribution in [1.82, 2.24) is 24.5 Å². The topological polar surface area (TPSA) is 70.0 Å². The Morgan fingerprint density at radius 3 is 2.43 bits per heavy atom. The van der Waals surface area contributed by atoms with Gasteiger partial charge in [-0.1, -0.05) is 54.6 Å². The molecule has 3 heterocycles. The Hall–Kier alpha value is -3.33. The predicted molar refractivity (Wildman–Crippen MR) is 139 cm³/mol. The average molecular weight is 488 g/mol. The molecule has 1 saturated heterocycles. The van der Waals surface area contributed by atoms with E-state index in [-0.39, 0.29) is 17.5 Å². The maximum absolute atomic E-state index is 12.7. The fraction of sp³-hybridized carbons (Fsp3) is 0.296. The molecule has 1 atom stereocenters. The van der Waals surface area contributed by atoms with E-state index in [1.165, 1.54) is 22.5 Å². The average Bonchev–Trinajstić information content (AvgIpc) is 3.35. The molecule has 2 aromatic carbocycles. The molecule has 1 aliphatic heterocycles. The third-order valence-electron chi connectivity index (χ3n) is 6.47. The van der Waals surface area contributed by atoms with E-state index in [9.17, 15) is 9.59 Å². The molecule has 2 aromatic heterocycles. The van der Waals surface area contributed by atoms with Crippen molar-refractivity contribution in [1.29, 1.82) is 0 Å². The van der Waals surface area contributed by atoms with Gasteiger partial charge in [0.25, 0.3) is 5.56 Å². The van der Waals surface area contributed by atoms with Crippen LogP contribution in [-0.4, -0.2) is 57.8 Å². The second-order valence-corrected chi connectivity index (χ2v) is 9.84. The third-order valence-corrected chi connectivity index (χ3v) is 7.23. The van der Waals surface area contributed by atoms with E-state index >= 15 is 0 Å². The van der Waals surface area contributed by atoms with Crippen LogP contribution < -0.4 is 10.9 Å². The van der Waals surface area contributed by atoms with Gasteiger partial charge in [0.05, 0.1) is 18.3 Å². The van der Waals surface area contributed by atoms with Gasteiger partial charge >= 0.3 is 0 Å². The van der Waals surface area contributed by atoms with Gasteiger partial charge in [-0.25, -0.2) is 4.98 Å². The summed E-state index contributed by atoms with van der Waals surface area (Å²) in [5.74, 6) is 0.0379. The van der Waals surface area contributed by atoms with Crippen molar-refractivity contribution in [3.8, 4) is 11.1 Å². The quantitative estimate of drug-likeness (QED) is 0.433. The van der Waals surface area contributed by atoms with Gasteiger partial charge < -0.3 is 5.32 Å². The molecule has 4 aromatic rings. The zero-order valence-corrected chi connectivity index (χ0v) is 20.6. The number of nitrogens with one attached hydrogen (secondary N) is 1. The summed E-state index contributed by atoms with van der Waals surface area (Å²) in [5, 5.41) is 5.01. The summed E-state index contributed by atoms with van der Waals surface area (Å²) < 4.78 is 1.57. The number of carbonyl (C=O) groups excluding carboxylic acids is 1. The molecule has 0 bridgehead atoms. The van der Waals surface area contributed by atoms with Crippen LogP contribution in [0.1, 0.15) is 24.2 Å². The van der Waals surface area contributed by atoms with Gasteiger partial charge in [0.1, 0.15) is 0 Å². The van der Waals surface area contributed by atoms with Gasteiger partial charge in [-0.15, -0.1) is 11.3 Å². The van der Waals surface area contributed by atoms with Gasteiger partial charge in [-0.3, -0.25) is 23.8 Å². The highest BCUT2D eigenvalue weighted by atomic mass is 32.1. The fourth-order valence-electron chi connectivity index (χ4n) is 4.47. The number of piperazine rings is 1. The van der Waals surface area contributed by atoms with Gasteiger partial charge in [0.2, 0.25) is 5.91 Å². The number of rotatable bonds is 7. The molecule has 35 heavy (non-hydrogen) atoms. The minimum atomic E-state index is -0.0500. The summed E-state index contributed by atoms with van der Waals surface area (Å²) in [4.78, 5) is 34.7. The minimum absolute atomic E-state index is 0.0367. The first-order valence-electron chi connectivity index (χ1n) is 11.9. The molecule has 1 fully saturated rings. The highest BCUT2D eigenvalue weighted by Crippen LogP contribution is 2.21. The van der Waals surface area contributed by atoms with Gasteiger partial charge in [-0.05, 0) is 23.6 Å². The number of aromatic nitrogens is 2. The first kappa shape index (κ1) is 23.4. The molecule has 0 aliphatic carbocycles. The first-order chi connectivity index (χ1) is 17.0. The summed E-state index contributed by atoms with van der Waals surface area (Å²) in [6.07, 6.45) is 1.75. The summed E-state index contributed by atoms with van der Waals surface area (Å²) in [5.41, 5.74) is 4.21. The molecule has 0 saturated carbocycles. The van der Waals surface area contributed by atoms with E-state index in [1.54, 1.807) is 16.7 Å². The largest absolute Gasteiger partial charge is 0.348 e. The number of fused-ring (bicyclic) bond motifs is 1. The Morgan fingerprint density at radius 1 is 1.00 bits per heavy atom. The van der Waals surface area contributed by atoms with Gasteiger partial charge in [0, 0.05) is 50.4 Å². The lowest BCUT2D eigenvalue weighted by Crippen LogP contribution is -2.49. The highest BCUT2D eigenvalue weighted by Gasteiger charge is 2.20. The minimum Gasteiger partial charge on any atom is -0.348 e. The van der Waals surface area contributed by atoms with Crippen LogP contribution in [0, 0.1) is 0 Å². The molecule has 1 N–H and O–H groups in total.